The van der Waals surface area contributed by atoms with Gasteiger partial charge in [-0.05, 0) is 47.9 Å². The number of hydrogen-bond acceptors (Lipinski definition) is 2. The summed E-state index contributed by atoms with van der Waals surface area (Å²) in [6, 6.07) is 8.96. The number of fused-ring (bicyclic) bond motifs is 1. The number of aromatic carboxylic acids is 1. The molecule has 0 atom stereocenters. The SMILES string of the molecule is CCCOc1ccc2cc(C(=O)O)ccc2c1C. The molecule has 2 aromatic carbocycles. The van der Waals surface area contributed by atoms with Crippen molar-refractivity contribution in [2.45, 2.75) is 20.3 Å². The van der Waals surface area contributed by atoms with Gasteiger partial charge in [0.05, 0.1) is 12.2 Å². The van der Waals surface area contributed by atoms with Crippen molar-refractivity contribution in [2.24, 2.45) is 0 Å². The third-order valence-corrected chi connectivity index (χ3v) is 2.95. The summed E-state index contributed by atoms with van der Waals surface area (Å²) in [4.78, 5) is 10.9. The van der Waals surface area contributed by atoms with E-state index >= 15 is 0 Å². The van der Waals surface area contributed by atoms with Gasteiger partial charge < -0.3 is 9.84 Å². The van der Waals surface area contributed by atoms with Crippen LogP contribution >= 0.6 is 0 Å². The van der Waals surface area contributed by atoms with E-state index in [1.807, 2.05) is 25.1 Å². The zero-order chi connectivity index (χ0) is 13.1. The normalized spacial score (nSPS) is 10.6. The summed E-state index contributed by atoms with van der Waals surface area (Å²) in [6.07, 6.45) is 0.968. The summed E-state index contributed by atoms with van der Waals surface area (Å²) in [7, 11) is 0. The Hall–Kier alpha value is -2.03. The van der Waals surface area contributed by atoms with Crippen LogP contribution in [0.5, 0.6) is 5.75 Å². The standard InChI is InChI=1S/C15H16O3/c1-3-8-18-14-7-5-11-9-12(15(16)17)4-6-13(11)10(14)2/h4-7,9H,3,8H2,1-2H3,(H,16,17). The van der Waals surface area contributed by atoms with Crippen molar-refractivity contribution in [3.8, 4) is 5.75 Å². The van der Waals surface area contributed by atoms with Crippen molar-refractivity contribution >= 4 is 16.7 Å². The lowest BCUT2D eigenvalue weighted by molar-refractivity contribution is 0.0697. The van der Waals surface area contributed by atoms with Crippen molar-refractivity contribution in [3.63, 3.8) is 0 Å². The summed E-state index contributed by atoms with van der Waals surface area (Å²) in [5.74, 6) is -0.0340. The number of ether oxygens (including phenoxy) is 1. The fourth-order valence-corrected chi connectivity index (χ4v) is 1.97. The van der Waals surface area contributed by atoms with Gasteiger partial charge in [-0.2, -0.15) is 0 Å². The number of aryl methyl sites for hydroxylation is 1. The highest BCUT2D eigenvalue weighted by atomic mass is 16.5. The van der Waals surface area contributed by atoms with Crippen LogP contribution in [0.4, 0.5) is 0 Å². The second-order valence-corrected chi connectivity index (χ2v) is 4.28. The third kappa shape index (κ3) is 2.30. The minimum absolute atomic E-state index is 0.309. The molecule has 0 saturated heterocycles. The van der Waals surface area contributed by atoms with E-state index < -0.39 is 5.97 Å². The van der Waals surface area contributed by atoms with E-state index in [1.165, 1.54) is 0 Å². The molecule has 3 heteroatoms. The van der Waals surface area contributed by atoms with E-state index in [-0.39, 0.29) is 0 Å². The van der Waals surface area contributed by atoms with Gasteiger partial charge in [-0.3, -0.25) is 0 Å². The molecule has 18 heavy (non-hydrogen) atoms. The zero-order valence-corrected chi connectivity index (χ0v) is 10.6. The topological polar surface area (TPSA) is 46.5 Å². The van der Waals surface area contributed by atoms with Crippen LogP contribution in [0, 0.1) is 6.92 Å². The Bertz CT molecular complexity index is 588. The van der Waals surface area contributed by atoms with Crippen molar-refractivity contribution in [3.05, 3.63) is 41.5 Å². The lowest BCUT2D eigenvalue weighted by Gasteiger charge is -2.11. The predicted octanol–water partition coefficient (Wildman–Crippen LogP) is 3.64. The number of rotatable bonds is 4. The number of hydrogen-bond donors (Lipinski definition) is 1. The maximum Gasteiger partial charge on any atom is 0.335 e. The number of carboxylic acids is 1. The van der Waals surface area contributed by atoms with Gasteiger partial charge >= 0.3 is 5.97 Å². The van der Waals surface area contributed by atoms with Gasteiger partial charge in [-0.15, -0.1) is 0 Å². The van der Waals surface area contributed by atoms with E-state index in [1.54, 1.807) is 12.1 Å². The molecule has 2 aromatic rings. The van der Waals surface area contributed by atoms with Gasteiger partial charge in [-0.1, -0.05) is 19.1 Å². The molecule has 0 aliphatic carbocycles. The fraction of sp³-hybridized carbons (Fsp3) is 0.267. The van der Waals surface area contributed by atoms with Gasteiger partial charge in [0.15, 0.2) is 0 Å². The van der Waals surface area contributed by atoms with Crippen molar-refractivity contribution in [1.82, 2.24) is 0 Å². The molecule has 0 aromatic heterocycles. The first-order valence-electron chi connectivity index (χ1n) is 6.03. The van der Waals surface area contributed by atoms with Gasteiger partial charge in [0.2, 0.25) is 0 Å². The highest BCUT2D eigenvalue weighted by Gasteiger charge is 2.08. The second-order valence-electron chi connectivity index (χ2n) is 4.28. The monoisotopic (exact) mass is 244 g/mol. The second kappa shape index (κ2) is 5.08. The van der Waals surface area contributed by atoms with Gasteiger partial charge in [0.25, 0.3) is 0 Å². The summed E-state index contributed by atoms with van der Waals surface area (Å²) in [5.41, 5.74) is 1.36. The average Bonchev–Trinajstić information content (AvgIpc) is 2.37. The molecule has 0 saturated carbocycles. The Kier molecular flexibility index (Phi) is 3.51. The predicted molar refractivity (Wildman–Crippen MR) is 71.4 cm³/mol. The van der Waals surface area contributed by atoms with Crippen LogP contribution in [0.2, 0.25) is 0 Å². The first-order chi connectivity index (χ1) is 8.63. The molecule has 1 N–H and O–H groups in total. The van der Waals surface area contributed by atoms with E-state index in [0.717, 1.165) is 28.5 Å². The molecule has 0 unspecified atom stereocenters. The Morgan fingerprint density at radius 3 is 2.72 bits per heavy atom. The van der Waals surface area contributed by atoms with E-state index in [4.69, 9.17) is 9.84 Å². The number of benzene rings is 2. The highest BCUT2D eigenvalue weighted by molar-refractivity contribution is 5.96. The molecule has 0 aliphatic heterocycles. The van der Waals surface area contributed by atoms with Crippen LogP contribution in [-0.4, -0.2) is 17.7 Å². The molecule has 0 aliphatic rings. The molecule has 2 rings (SSSR count). The maximum absolute atomic E-state index is 10.9. The van der Waals surface area contributed by atoms with E-state index in [9.17, 15) is 4.79 Å². The van der Waals surface area contributed by atoms with Gasteiger partial charge in [0, 0.05) is 0 Å². The largest absolute Gasteiger partial charge is 0.493 e. The average molecular weight is 244 g/mol. The summed E-state index contributed by atoms with van der Waals surface area (Å²) >= 11 is 0. The van der Waals surface area contributed by atoms with Crippen molar-refractivity contribution in [1.29, 1.82) is 0 Å². The van der Waals surface area contributed by atoms with Crippen molar-refractivity contribution in [2.75, 3.05) is 6.61 Å². The highest BCUT2D eigenvalue weighted by Crippen LogP contribution is 2.28. The van der Waals surface area contributed by atoms with Gasteiger partial charge in [0.1, 0.15) is 5.75 Å². The minimum atomic E-state index is -0.902. The summed E-state index contributed by atoms with van der Waals surface area (Å²) in [5, 5.41) is 10.9. The molecule has 0 bridgehead atoms. The van der Waals surface area contributed by atoms with Crippen LogP contribution in [0.1, 0.15) is 29.3 Å². The quantitative estimate of drug-likeness (QED) is 0.893. The Morgan fingerprint density at radius 1 is 1.28 bits per heavy atom. The first-order valence-corrected chi connectivity index (χ1v) is 6.03. The lowest BCUT2D eigenvalue weighted by atomic mass is 10.0. The number of carboxylic acid groups (broad SMARTS) is 1. The molecule has 0 heterocycles. The van der Waals surface area contributed by atoms with Crippen LogP contribution in [0.25, 0.3) is 10.8 Å². The summed E-state index contributed by atoms with van der Waals surface area (Å²) in [6.45, 7) is 4.75. The van der Waals surface area contributed by atoms with Crippen LogP contribution in [-0.2, 0) is 0 Å². The molecule has 0 spiro atoms. The van der Waals surface area contributed by atoms with E-state index in [0.29, 0.717) is 12.2 Å². The van der Waals surface area contributed by atoms with Gasteiger partial charge in [-0.25, -0.2) is 4.79 Å². The zero-order valence-electron chi connectivity index (χ0n) is 10.6. The molecule has 0 fully saturated rings. The Balaban J connectivity index is 2.48. The molecular weight excluding hydrogens is 228 g/mol. The van der Waals surface area contributed by atoms with Crippen LogP contribution < -0.4 is 4.74 Å². The van der Waals surface area contributed by atoms with E-state index in [2.05, 4.69) is 6.92 Å². The van der Waals surface area contributed by atoms with Crippen LogP contribution in [0.15, 0.2) is 30.3 Å². The molecule has 0 radical (unpaired) electrons. The fourth-order valence-electron chi connectivity index (χ4n) is 1.97. The lowest BCUT2D eigenvalue weighted by Crippen LogP contribution is -1.98. The minimum Gasteiger partial charge on any atom is -0.493 e. The smallest absolute Gasteiger partial charge is 0.335 e. The van der Waals surface area contributed by atoms with Crippen LogP contribution in [0.3, 0.4) is 0 Å². The molecule has 94 valence electrons. The molecule has 0 amide bonds. The maximum atomic E-state index is 10.9. The van der Waals surface area contributed by atoms with Crippen molar-refractivity contribution < 1.29 is 14.6 Å². The number of carbonyl (C=O) groups is 1. The molecular formula is C15H16O3. The third-order valence-electron chi connectivity index (χ3n) is 2.95. The molecule has 3 nitrogen and oxygen atoms in total. The Morgan fingerprint density at radius 2 is 2.06 bits per heavy atom. The Labute approximate surface area is 106 Å². The summed E-state index contributed by atoms with van der Waals surface area (Å²) < 4.78 is 5.66. The first kappa shape index (κ1) is 12.4.